The van der Waals surface area contributed by atoms with Crippen molar-refractivity contribution < 1.29 is 9.47 Å². The molecule has 0 bridgehead atoms. The summed E-state index contributed by atoms with van der Waals surface area (Å²) in [6, 6.07) is 6.56. The minimum atomic E-state index is -0.0584. The Hall–Kier alpha value is -1.22. The molecule has 20 heavy (non-hydrogen) atoms. The van der Waals surface area contributed by atoms with Crippen molar-refractivity contribution >= 4 is 0 Å². The molecule has 0 amide bonds. The third kappa shape index (κ3) is 2.93. The summed E-state index contributed by atoms with van der Waals surface area (Å²) in [5, 5.41) is 3.42. The molecule has 1 aliphatic rings. The molecule has 1 N–H and O–H groups in total. The van der Waals surface area contributed by atoms with Crippen molar-refractivity contribution in [2.24, 2.45) is 0 Å². The van der Waals surface area contributed by atoms with Gasteiger partial charge in [-0.05, 0) is 39.8 Å². The van der Waals surface area contributed by atoms with E-state index in [2.05, 4.69) is 25.2 Å². The van der Waals surface area contributed by atoms with Crippen LogP contribution >= 0.6 is 0 Å². The molecule has 0 radical (unpaired) electrons. The second-order valence-electron chi connectivity index (χ2n) is 5.90. The Morgan fingerprint density at radius 1 is 1.35 bits per heavy atom. The van der Waals surface area contributed by atoms with Crippen molar-refractivity contribution in [3.63, 3.8) is 0 Å². The van der Waals surface area contributed by atoms with E-state index in [4.69, 9.17) is 9.47 Å². The Kier molecular flexibility index (Phi) is 4.59. The average molecular weight is 277 g/mol. The van der Waals surface area contributed by atoms with Gasteiger partial charge < -0.3 is 14.8 Å². The Morgan fingerprint density at radius 3 is 2.60 bits per heavy atom. The first-order chi connectivity index (χ1) is 9.53. The second kappa shape index (κ2) is 6.04. The van der Waals surface area contributed by atoms with Crippen LogP contribution in [0.1, 0.15) is 58.6 Å². The number of fused-ring (bicyclic) bond motifs is 1. The normalized spacial score (nSPS) is 20.4. The third-order valence-corrected chi connectivity index (χ3v) is 4.27. The molecular weight excluding hydrogens is 250 g/mol. The lowest BCUT2D eigenvalue weighted by Gasteiger charge is -2.41. The van der Waals surface area contributed by atoms with E-state index >= 15 is 0 Å². The number of hydrogen-bond donors (Lipinski definition) is 1. The summed E-state index contributed by atoms with van der Waals surface area (Å²) >= 11 is 0. The first kappa shape index (κ1) is 15.2. The van der Waals surface area contributed by atoms with Crippen molar-refractivity contribution in [3.05, 3.63) is 23.8 Å². The molecule has 1 heterocycles. The second-order valence-corrected chi connectivity index (χ2v) is 5.90. The van der Waals surface area contributed by atoms with Crippen LogP contribution in [-0.4, -0.2) is 18.8 Å². The van der Waals surface area contributed by atoms with Crippen LogP contribution in [0.3, 0.4) is 0 Å². The van der Waals surface area contributed by atoms with Crippen LogP contribution in [0, 0.1) is 0 Å². The average Bonchev–Trinajstić information content (AvgIpc) is 2.45. The van der Waals surface area contributed by atoms with Gasteiger partial charge >= 0.3 is 0 Å². The van der Waals surface area contributed by atoms with Gasteiger partial charge in [-0.15, -0.1) is 0 Å². The molecule has 112 valence electrons. The van der Waals surface area contributed by atoms with Crippen LogP contribution < -0.4 is 14.8 Å². The number of nitrogens with one attached hydrogen (secondary N) is 1. The number of hydrogen-bond acceptors (Lipinski definition) is 3. The zero-order valence-corrected chi connectivity index (χ0v) is 13.3. The minimum Gasteiger partial charge on any atom is -0.491 e. The van der Waals surface area contributed by atoms with E-state index in [9.17, 15) is 0 Å². The van der Waals surface area contributed by atoms with Crippen molar-refractivity contribution in [3.8, 4) is 11.5 Å². The Morgan fingerprint density at radius 2 is 2.05 bits per heavy atom. The molecule has 0 aliphatic carbocycles. The monoisotopic (exact) mass is 277 g/mol. The molecule has 0 spiro atoms. The molecule has 3 nitrogen and oxygen atoms in total. The van der Waals surface area contributed by atoms with Gasteiger partial charge in [0.2, 0.25) is 0 Å². The SMILES string of the molecule is CCC1(CC)CC(NC)c2ccc(OC(C)C)cc2O1. The highest BCUT2D eigenvalue weighted by molar-refractivity contribution is 5.44. The fourth-order valence-corrected chi connectivity index (χ4v) is 2.93. The number of rotatable bonds is 5. The van der Waals surface area contributed by atoms with Gasteiger partial charge in [0.05, 0.1) is 6.10 Å². The maximum Gasteiger partial charge on any atom is 0.128 e. The molecule has 1 aromatic rings. The van der Waals surface area contributed by atoms with E-state index in [1.807, 2.05) is 33.0 Å². The lowest BCUT2D eigenvalue weighted by Crippen LogP contribution is -2.42. The molecule has 0 saturated heterocycles. The summed E-state index contributed by atoms with van der Waals surface area (Å²) in [6.07, 6.45) is 3.25. The van der Waals surface area contributed by atoms with Crippen LogP contribution in [0.15, 0.2) is 18.2 Å². The van der Waals surface area contributed by atoms with E-state index in [0.717, 1.165) is 30.8 Å². The van der Waals surface area contributed by atoms with E-state index in [1.165, 1.54) is 5.56 Å². The highest BCUT2D eigenvalue weighted by atomic mass is 16.5. The topological polar surface area (TPSA) is 30.5 Å². The summed E-state index contributed by atoms with van der Waals surface area (Å²) in [6.45, 7) is 8.49. The quantitative estimate of drug-likeness (QED) is 0.880. The van der Waals surface area contributed by atoms with E-state index in [1.54, 1.807) is 0 Å². The van der Waals surface area contributed by atoms with Crippen LogP contribution in [0.2, 0.25) is 0 Å². The molecule has 0 aromatic heterocycles. The number of benzene rings is 1. The fourth-order valence-electron chi connectivity index (χ4n) is 2.93. The fraction of sp³-hybridized carbons (Fsp3) is 0.647. The van der Waals surface area contributed by atoms with E-state index in [0.29, 0.717) is 6.04 Å². The summed E-state index contributed by atoms with van der Waals surface area (Å²) in [5.41, 5.74) is 1.18. The van der Waals surface area contributed by atoms with Gasteiger partial charge in [-0.25, -0.2) is 0 Å². The molecule has 2 rings (SSSR count). The van der Waals surface area contributed by atoms with Crippen LogP contribution in [-0.2, 0) is 0 Å². The summed E-state index contributed by atoms with van der Waals surface area (Å²) in [5.74, 6) is 1.86. The van der Waals surface area contributed by atoms with Gasteiger partial charge in [0.25, 0.3) is 0 Å². The predicted octanol–water partition coefficient (Wildman–Crippen LogP) is 4.08. The van der Waals surface area contributed by atoms with Gasteiger partial charge in [0, 0.05) is 24.1 Å². The Labute approximate surface area is 122 Å². The van der Waals surface area contributed by atoms with Crippen molar-refractivity contribution in [1.29, 1.82) is 0 Å². The lowest BCUT2D eigenvalue weighted by atomic mass is 9.83. The molecule has 1 aromatic carbocycles. The molecular formula is C17H27NO2. The van der Waals surface area contributed by atoms with Crippen LogP contribution in [0.4, 0.5) is 0 Å². The van der Waals surface area contributed by atoms with Gasteiger partial charge in [0.15, 0.2) is 0 Å². The van der Waals surface area contributed by atoms with Crippen molar-refractivity contribution in [2.45, 2.75) is 64.7 Å². The maximum atomic E-state index is 6.35. The van der Waals surface area contributed by atoms with Crippen LogP contribution in [0.5, 0.6) is 11.5 Å². The molecule has 0 fully saturated rings. The standard InChI is InChI=1S/C17H27NO2/c1-6-17(7-2)11-15(18-5)14-9-8-13(19-12(3)4)10-16(14)20-17/h8-10,12,15,18H,6-7,11H2,1-5H3. The van der Waals surface area contributed by atoms with E-state index in [-0.39, 0.29) is 11.7 Å². The smallest absolute Gasteiger partial charge is 0.128 e. The van der Waals surface area contributed by atoms with Gasteiger partial charge in [-0.3, -0.25) is 0 Å². The van der Waals surface area contributed by atoms with Gasteiger partial charge in [-0.2, -0.15) is 0 Å². The van der Waals surface area contributed by atoms with Gasteiger partial charge in [0.1, 0.15) is 17.1 Å². The maximum absolute atomic E-state index is 6.35. The summed E-state index contributed by atoms with van der Waals surface area (Å²) < 4.78 is 12.1. The molecule has 1 aliphatic heterocycles. The third-order valence-electron chi connectivity index (χ3n) is 4.27. The highest BCUT2D eigenvalue weighted by Gasteiger charge is 2.38. The van der Waals surface area contributed by atoms with Crippen molar-refractivity contribution in [1.82, 2.24) is 5.32 Å². The highest BCUT2D eigenvalue weighted by Crippen LogP contribution is 2.43. The molecule has 0 saturated carbocycles. The number of ether oxygens (including phenoxy) is 2. The summed E-state index contributed by atoms with van der Waals surface area (Å²) in [4.78, 5) is 0. The zero-order valence-electron chi connectivity index (χ0n) is 13.3. The zero-order chi connectivity index (χ0) is 14.8. The Balaban J connectivity index is 2.36. The molecule has 1 atom stereocenters. The minimum absolute atomic E-state index is 0.0584. The predicted molar refractivity (Wildman–Crippen MR) is 82.6 cm³/mol. The van der Waals surface area contributed by atoms with Gasteiger partial charge in [-0.1, -0.05) is 19.9 Å². The largest absolute Gasteiger partial charge is 0.491 e. The van der Waals surface area contributed by atoms with Crippen LogP contribution in [0.25, 0.3) is 0 Å². The van der Waals surface area contributed by atoms with E-state index < -0.39 is 0 Å². The first-order valence-corrected chi connectivity index (χ1v) is 7.70. The summed E-state index contributed by atoms with van der Waals surface area (Å²) in [7, 11) is 2.02. The first-order valence-electron chi connectivity index (χ1n) is 7.70. The lowest BCUT2D eigenvalue weighted by molar-refractivity contribution is 0.0235. The Bertz CT molecular complexity index is 452. The molecule has 3 heteroatoms. The van der Waals surface area contributed by atoms with Crippen molar-refractivity contribution in [2.75, 3.05) is 7.05 Å². The molecule has 1 unspecified atom stereocenters.